The van der Waals surface area contributed by atoms with Gasteiger partial charge >= 0.3 is 5.97 Å². The number of carbonyl (C=O) groups is 1. The first-order valence-electron chi connectivity index (χ1n) is 5.64. The Morgan fingerprint density at radius 1 is 1.42 bits per heavy atom. The SMILES string of the molecule is Cc1ccnc(OCc2cccc(Br)c2)c1C(=O)O. The second kappa shape index (κ2) is 5.84. The van der Waals surface area contributed by atoms with Gasteiger partial charge in [-0.1, -0.05) is 28.1 Å². The first kappa shape index (κ1) is 13.5. The number of aryl methyl sites for hydroxylation is 1. The summed E-state index contributed by atoms with van der Waals surface area (Å²) >= 11 is 3.37. The van der Waals surface area contributed by atoms with E-state index in [0.29, 0.717) is 5.56 Å². The fourth-order valence-electron chi connectivity index (χ4n) is 1.68. The maximum atomic E-state index is 11.2. The molecule has 1 heterocycles. The van der Waals surface area contributed by atoms with Crippen molar-refractivity contribution in [3.63, 3.8) is 0 Å². The normalized spacial score (nSPS) is 10.2. The Balaban J connectivity index is 2.20. The molecular formula is C14H12BrNO3. The second-order valence-electron chi connectivity index (χ2n) is 4.03. The molecule has 0 aliphatic heterocycles. The molecule has 5 heteroatoms. The molecule has 0 aliphatic carbocycles. The molecule has 2 rings (SSSR count). The van der Waals surface area contributed by atoms with Crippen LogP contribution in [0.3, 0.4) is 0 Å². The van der Waals surface area contributed by atoms with Crippen LogP contribution in [0.1, 0.15) is 21.5 Å². The standard InChI is InChI=1S/C14H12BrNO3/c1-9-5-6-16-13(12(9)14(17)18)19-8-10-3-2-4-11(15)7-10/h2-7H,8H2,1H3,(H,17,18). The molecule has 1 aromatic heterocycles. The monoisotopic (exact) mass is 321 g/mol. The van der Waals surface area contributed by atoms with Gasteiger partial charge in [-0.15, -0.1) is 0 Å². The van der Waals surface area contributed by atoms with Crippen molar-refractivity contribution in [2.45, 2.75) is 13.5 Å². The number of aromatic nitrogens is 1. The first-order valence-corrected chi connectivity index (χ1v) is 6.43. The predicted octanol–water partition coefficient (Wildman–Crippen LogP) is 3.43. The average molecular weight is 322 g/mol. The van der Waals surface area contributed by atoms with Gasteiger partial charge in [-0.3, -0.25) is 0 Å². The quantitative estimate of drug-likeness (QED) is 0.937. The van der Waals surface area contributed by atoms with Crippen LogP contribution in [-0.2, 0) is 6.61 Å². The number of hydrogen-bond acceptors (Lipinski definition) is 3. The molecule has 0 saturated carbocycles. The molecule has 0 fully saturated rings. The van der Waals surface area contributed by atoms with E-state index in [9.17, 15) is 4.79 Å². The molecule has 98 valence electrons. The van der Waals surface area contributed by atoms with Crippen LogP contribution in [0.5, 0.6) is 5.88 Å². The number of hydrogen-bond donors (Lipinski definition) is 1. The van der Waals surface area contributed by atoms with Crippen LogP contribution < -0.4 is 4.74 Å². The van der Waals surface area contributed by atoms with Gasteiger partial charge in [0, 0.05) is 10.7 Å². The number of halogens is 1. The van der Waals surface area contributed by atoms with Crippen molar-refractivity contribution in [2.24, 2.45) is 0 Å². The van der Waals surface area contributed by atoms with Crippen molar-refractivity contribution in [1.82, 2.24) is 4.98 Å². The zero-order valence-electron chi connectivity index (χ0n) is 10.3. The topological polar surface area (TPSA) is 59.4 Å². The molecule has 19 heavy (non-hydrogen) atoms. The van der Waals surface area contributed by atoms with E-state index in [0.717, 1.165) is 10.0 Å². The number of nitrogens with zero attached hydrogens (tertiary/aromatic N) is 1. The molecule has 1 aromatic carbocycles. The minimum atomic E-state index is -1.03. The summed E-state index contributed by atoms with van der Waals surface area (Å²) in [5, 5.41) is 9.16. The van der Waals surface area contributed by atoms with Crippen LogP contribution in [0.4, 0.5) is 0 Å². The molecule has 2 aromatic rings. The molecule has 0 unspecified atom stereocenters. The van der Waals surface area contributed by atoms with E-state index in [2.05, 4.69) is 20.9 Å². The van der Waals surface area contributed by atoms with Gasteiger partial charge < -0.3 is 9.84 Å². The largest absolute Gasteiger partial charge is 0.477 e. The molecule has 0 radical (unpaired) electrons. The van der Waals surface area contributed by atoms with Gasteiger partial charge in [0.25, 0.3) is 0 Å². The highest BCUT2D eigenvalue weighted by atomic mass is 79.9. The number of rotatable bonds is 4. The van der Waals surface area contributed by atoms with Crippen LogP contribution in [0.2, 0.25) is 0 Å². The fraction of sp³-hybridized carbons (Fsp3) is 0.143. The molecule has 0 spiro atoms. The number of ether oxygens (including phenoxy) is 1. The van der Waals surface area contributed by atoms with Crippen molar-refractivity contribution in [1.29, 1.82) is 0 Å². The van der Waals surface area contributed by atoms with E-state index >= 15 is 0 Å². The van der Waals surface area contributed by atoms with Crippen molar-refractivity contribution in [3.8, 4) is 5.88 Å². The Hall–Kier alpha value is -1.88. The summed E-state index contributed by atoms with van der Waals surface area (Å²) in [6, 6.07) is 9.27. The summed E-state index contributed by atoms with van der Waals surface area (Å²) < 4.78 is 6.46. The van der Waals surface area contributed by atoms with Gasteiger partial charge in [-0.2, -0.15) is 0 Å². The maximum absolute atomic E-state index is 11.2. The predicted molar refractivity (Wildman–Crippen MR) is 74.4 cm³/mol. The van der Waals surface area contributed by atoms with Gasteiger partial charge in [0.15, 0.2) is 0 Å². The van der Waals surface area contributed by atoms with E-state index in [1.165, 1.54) is 6.20 Å². The Bertz CT molecular complexity index is 613. The average Bonchev–Trinajstić information content (AvgIpc) is 2.36. The zero-order chi connectivity index (χ0) is 13.8. The van der Waals surface area contributed by atoms with Crippen LogP contribution in [-0.4, -0.2) is 16.1 Å². The van der Waals surface area contributed by atoms with Gasteiger partial charge in [-0.05, 0) is 36.2 Å². The van der Waals surface area contributed by atoms with Crippen LogP contribution in [0.15, 0.2) is 41.0 Å². The Morgan fingerprint density at radius 3 is 2.89 bits per heavy atom. The Labute approximate surface area is 119 Å². The zero-order valence-corrected chi connectivity index (χ0v) is 11.8. The molecule has 0 saturated heterocycles. The highest BCUT2D eigenvalue weighted by Crippen LogP contribution is 2.20. The van der Waals surface area contributed by atoms with Gasteiger partial charge in [0.05, 0.1) is 0 Å². The van der Waals surface area contributed by atoms with Crippen LogP contribution in [0.25, 0.3) is 0 Å². The second-order valence-corrected chi connectivity index (χ2v) is 4.95. The van der Waals surface area contributed by atoms with Gasteiger partial charge in [0.1, 0.15) is 12.2 Å². The number of benzene rings is 1. The molecule has 0 amide bonds. The lowest BCUT2D eigenvalue weighted by Crippen LogP contribution is -2.07. The fourth-order valence-corrected chi connectivity index (χ4v) is 2.13. The number of carboxylic acid groups (broad SMARTS) is 1. The Kier molecular flexibility index (Phi) is 4.16. The lowest BCUT2D eigenvalue weighted by Gasteiger charge is -2.09. The smallest absolute Gasteiger partial charge is 0.341 e. The molecule has 0 atom stereocenters. The summed E-state index contributed by atoms with van der Waals surface area (Å²) in [4.78, 5) is 15.2. The van der Waals surface area contributed by atoms with Crippen molar-refractivity contribution < 1.29 is 14.6 Å². The van der Waals surface area contributed by atoms with E-state index in [-0.39, 0.29) is 18.1 Å². The van der Waals surface area contributed by atoms with E-state index in [1.54, 1.807) is 13.0 Å². The van der Waals surface area contributed by atoms with Crippen molar-refractivity contribution in [3.05, 3.63) is 57.7 Å². The molecule has 4 nitrogen and oxygen atoms in total. The summed E-state index contributed by atoms with van der Waals surface area (Å²) in [5.41, 5.74) is 1.68. The van der Waals surface area contributed by atoms with Crippen molar-refractivity contribution >= 4 is 21.9 Å². The highest BCUT2D eigenvalue weighted by molar-refractivity contribution is 9.10. The van der Waals surface area contributed by atoms with Gasteiger partial charge in [-0.25, -0.2) is 9.78 Å². The molecule has 0 aliphatic rings. The maximum Gasteiger partial charge on any atom is 0.341 e. The summed E-state index contributed by atoms with van der Waals surface area (Å²) in [6.07, 6.45) is 1.54. The third-order valence-corrected chi connectivity index (χ3v) is 3.10. The van der Waals surface area contributed by atoms with Crippen LogP contribution in [0, 0.1) is 6.92 Å². The van der Waals surface area contributed by atoms with E-state index in [4.69, 9.17) is 9.84 Å². The van der Waals surface area contributed by atoms with Crippen molar-refractivity contribution in [2.75, 3.05) is 0 Å². The lowest BCUT2D eigenvalue weighted by atomic mass is 10.1. The summed E-state index contributed by atoms with van der Waals surface area (Å²) in [5.74, 6) is -0.887. The molecule has 0 bridgehead atoms. The summed E-state index contributed by atoms with van der Waals surface area (Å²) in [6.45, 7) is 1.99. The summed E-state index contributed by atoms with van der Waals surface area (Å²) in [7, 11) is 0. The minimum Gasteiger partial charge on any atom is -0.477 e. The third-order valence-electron chi connectivity index (χ3n) is 2.60. The van der Waals surface area contributed by atoms with E-state index in [1.807, 2.05) is 24.3 Å². The number of pyridine rings is 1. The Morgan fingerprint density at radius 2 is 2.21 bits per heavy atom. The first-order chi connectivity index (χ1) is 9.08. The molecular weight excluding hydrogens is 310 g/mol. The number of aromatic carboxylic acids is 1. The van der Waals surface area contributed by atoms with Crippen LogP contribution >= 0.6 is 15.9 Å². The third kappa shape index (κ3) is 3.32. The van der Waals surface area contributed by atoms with E-state index < -0.39 is 5.97 Å². The minimum absolute atomic E-state index is 0.109. The number of carboxylic acids is 1. The molecule has 1 N–H and O–H groups in total. The highest BCUT2D eigenvalue weighted by Gasteiger charge is 2.15. The lowest BCUT2D eigenvalue weighted by molar-refractivity contribution is 0.0689. The van der Waals surface area contributed by atoms with Gasteiger partial charge in [0.2, 0.25) is 5.88 Å².